The highest BCUT2D eigenvalue weighted by Gasteiger charge is 2.10. The monoisotopic (exact) mass is 299 g/mol. The molecule has 1 aromatic rings. The molecular weight excluding hydrogens is 278 g/mol. The van der Waals surface area contributed by atoms with E-state index < -0.39 is 12.0 Å². The number of carboxylic acid groups (broad SMARTS) is 1. The molecule has 20 heavy (non-hydrogen) atoms. The lowest BCUT2D eigenvalue weighted by atomic mass is 10.2. The van der Waals surface area contributed by atoms with Crippen molar-refractivity contribution in [2.45, 2.75) is 19.4 Å². The molecule has 3 N–H and O–H groups in total. The summed E-state index contributed by atoms with van der Waals surface area (Å²) in [6.45, 7) is 3.08. The van der Waals surface area contributed by atoms with Crippen molar-refractivity contribution in [3.05, 3.63) is 24.3 Å². The highest BCUT2D eigenvalue weighted by atomic mass is 32.2. The summed E-state index contributed by atoms with van der Waals surface area (Å²) in [4.78, 5) is 10.5. The van der Waals surface area contributed by atoms with E-state index in [2.05, 4.69) is 0 Å². The average Bonchev–Trinajstić information content (AvgIpc) is 2.44. The Morgan fingerprint density at radius 3 is 2.55 bits per heavy atom. The quantitative estimate of drug-likeness (QED) is 0.643. The van der Waals surface area contributed by atoms with Gasteiger partial charge < -0.3 is 20.3 Å². The Kier molecular flexibility index (Phi) is 7.91. The van der Waals surface area contributed by atoms with Gasteiger partial charge in [0.15, 0.2) is 11.5 Å². The third kappa shape index (κ3) is 6.16. The number of carbonyl (C=O) groups is 1. The van der Waals surface area contributed by atoms with Crippen molar-refractivity contribution < 1.29 is 19.4 Å². The predicted molar refractivity (Wildman–Crippen MR) is 80.7 cm³/mol. The molecule has 5 nitrogen and oxygen atoms in total. The van der Waals surface area contributed by atoms with Gasteiger partial charge in [0.1, 0.15) is 6.04 Å². The van der Waals surface area contributed by atoms with E-state index in [1.165, 1.54) is 0 Å². The van der Waals surface area contributed by atoms with Crippen LogP contribution in [0, 0.1) is 0 Å². The first-order valence-corrected chi connectivity index (χ1v) is 7.71. The van der Waals surface area contributed by atoms with Crippen LogP contribution in [0.4, 0.5) is 0 Å². The zero-order valence-corrected chi connectivity index (χ0v) is 12.4. The molecule has 6 heteroatoms. The standard InChI is InChI=1S/C14H21NO4S/c1-2-18-12-5-3-4-6-13(12)19-8-10-20-9-7-11(15)14(16)17/h3-6,11H,2,7-10,15H2,1H3,(H,16,17). The summed E-state index contributed by atoms with van der Waals surface area (Å²) in [5, 5.41) is 8.64. The van der Waals surface area contributed by atoms with E-state index >= 15 is 0 Å². The van der Waals surface area contributed by atoms with Crippen LogP contribution in [0.3, 0.4) is 0 Å². The topological polar surface area (TPSA) is 81.8 Å². The van der Waals surface area contributed by atoms with Crippen molar-refractivity contribution >= 4 is 17.7 Å². The Labute approximate surface area is 123 Å². The van der Waals surface area contributed by atoms with E-state index in [1.54, 1.807) is 11.8 Å². The Bertz CT molecular complexity index is 414. The molecule has 1 atom stereocenters. The number of hydrogen-bond donors (Lipinski definition) is 2. The molecule has 112 valence electrons. The van der Waals surface area contributed by atoms with Crippen LogP contribution < -0.4 is 15.2 Å². The number of nitrogens with two attached hydrogens (primary N) is 1. The second-order valence-corrected chi connectivity index (χ2v) is 5.30. The maximum Gasteiger partial charge on any atom is 0.320 e. The summed E-state index contributed by atoms with van der Waals surface area (Å²) in [5.41, 5.74) is 5.41. The maximum absolute atomic E-state index is 10.5. The second-order valence-electron chi connectivity index (χ2n) is 4.07. The van der Waals surface area contributed by atoms with E-state index in [0.29, 0.717) is 25.4 Å². The number of benzene rings is 1. The molecule has 0 aromatic heterocycles. The summed E-state index contributed by atoms with van der Waals surface area (Å²) in [7, 11) is 0. The van der Waals surface area contributed by atoms with Gasteiger partial charge in [0.05, 0.1) is 13.2 Å². The number of ether oxygens (including phenoxy) is 2. The van der Waals surface area contributed by atoms with E-state index in [-0.39, 0.29) is 0 Å². The number of thioether (sulfide) groups is 1. The Morgan fingerprint density at radius 2 is 1.95 bits per heavy atom. The number of aliphatic carboxylic acids is 1. The minimum Gasteiger partial charge on any atom is -0.490 e. The molecule has 1 rings (SSSR count). The first kappa shape index (κ1) is 16.7. The summed E-state index contributed by atoms with van der Waals surface area (Å²) < 4.78 is 11.1. The number of carboxylic acids is 1. The van der Waals surface area contributed by atoms with Gasteiger partial charge in [0.25, 0.3) is 0 Å². The van der Waals surface area contributed by atoms with E-state index in [4.69, 9.17) is 20.3 Å². The van der Waals surface area contributed by atoms with Gasteiger partial charge in [-0.25, -0.2) is 0 Å². The Morgan fingerprint density at radius 1 is 1.30 bits per heavy atom. The van der Waals surface area contributed by atoms with Gasteiger partial charge in [0, 0.05) is 5.75 Å². The molecule has 0 heterocycles. The van der Waals surface area contributed by atoms with Crippen LogP contribution in [0.15, 0.2) is 24.3 Å². The van der Waals surface area contributed by atoms with Gasteiger partial charge in [-0.1, -0.05) is 12.1 Å². The largest absolute Gasteiger partial charge is 0.490 e. The fourth-order valence-corrected chi connectivity index (χ4v) is 2.32. The summed E-state index contributed by atoms with van der Waals surface area (Å²) in [6.07, 6.45) is 0.468. The second kappa shape index (κ2) is 9.50. The van der Waals surface area contributed by atoms with Crippen molar-refractivity contribution in [1.82, 2.24) is 0 Å². The predicted octanol–water partition coefficient (Wildman–Crippen LogP) is 2.00. The Balaban J connectivity index is 2.20. The SMILES string of the molecule is CCOc1ccccc1OCCSCCC(N)C(=O)O. The summed E-state index contributed by atoms with van der Waals surface area (Å²) >= 11 is 1.63. The van der Waals surface area contributed by atoms with Gasteiger partial charge in [-0.3, -0.25) is 4.79 Å². The maximum atomic E-state index is 10.5. The van der Waals surface area contributed by atoms with Gasteiger partial charge in [0.2, 0.25) is 0 Å². The van der Waals surface area contributed by atoms with E-state index in [0.717, 1.165) is 17.3 Å². The zero-order chi connectivity index (χ0) is 14.8. The lowest BCUT2D eigenvalue weighted by Gasteiger charge is -2.11. The summed E-state index contributed by atoms with van der Waals surface area (Å²) in [5.74, 6) is 2.02. The van der Waals surface area contributed by atoms with Crippen molar-refractivity contribution in [2.24, 2.45) is 5.73 Å². The lowest BCUT2D eigenvalue weighted by Crippen LogP contribution is -2.30. The minimum absolute atomic E-state index is 0.468. The molecule has 1 aromatic carbocycles. The summed E-state index contributed by atoms with van der Waals surface area (Å²) in [6, 6.07) is 6.77. The molecule has 0 spiro atoms. The van der Waals surface area contributed by atoms with Gasteiger partial charge in [-0.15, -0.1) is 0 Å². The molecule has 0 amide bonds. The highest BCUT2D eigenvalue weighted by Crippen LogP contribution is 2.26. The van der Waals surface area contributed by atoms with Crippen molar-refractivity contribution in [1.29, 1.82) is 0 Å². The fraction of sp³-hybridized carbons (Fsp3) is 0.500. The van der Waals surface area contributed by atoms with Crippen LogP contribution in [0.1, 0.15) is 13.3 Å². The smallest absolute Gasteiger partial charge is 0.320 e. The van der Waals surface area contributed by atoms with Crippen LogP contribution in [0.25, 0.3) is 0 Å². The molecule has 1 unspecified atom stereocenters. The first-order chi connectivity index (χ1) is 9.65. The van der Waals surface area contributed by atoms with Crippen LogP contribution in [-0.2, 0) is 4.79 Å². The van der Waals surface area contributed by atoms with Crippen molar-refractivity contribution in [2.75, 3.05) is 24.7 Å². The third-order valence-corrected chi connectivity index (χ3v) is 3.50. The molecule has 0 fully saturated rings. The minimum atomic E-state index is -0.951. The number of rotatable bonds is 10. The van der Waals surface area contributed by atoms with Gasteiger partial charge in [-0.2, -0.15) is 11.8 Å². The number of hydrogen-bond acceptors (Lipinski definition) is 5. The number of para-hydroxylation sites is 2. The molecule has 0 radical (unpaired) electrons. The van der Waals surface area contributed by atoms with Gasteiger partial charge >= 0.3 is 5.97 Å². The Hall–Kier alpha value is -1.40. The lowest BCUT2D eigenvalue weighted by molar-refractivity contribution is -0.138. The molecule has 0 aliphatic rings. The molecule has 0 saturated carbocycles. The van der Waals surface area contributed by atoms with E-state index in [9.17, 15) is 4.79 Å². The van der Waals surface area contributed by atoms with E-state index in [1.807, 2.05) is 31.2 Å². The van der Waals surface area contributed by atoms with Gasteiger partial charge in [-0.05, 0) is 31.2 Å². The molecular formula is C14H21NO4S. The third-order valence-electron chi connectivity index (χ3n) is 2.52. The van der Waals surface area contributed by atoms with Crippen molar-refractivity contribution in [3.8, 4) is 11.5 Å². The molecule has 0 saturated heterocycles. The van der Waals surface area contributed by atoms with Crippen molar-refractivity contribution in [3.63, 3.8) is 0 Å². The van der Waals surface area contributed by atoms with Crippen LogP contribution >= 0.6 is 11.8 Å². The molecule has 0 aliphatic heterocycles. The average molecular weight is 299 g/mol. The first-order valence-electron chi connectivity index (χ1n) is 6.56. The molecule has 0 bridgehead atoms. The van der Waals surface area contributed by atoms with Crippen LogP contribution in [-0.4, -0.2) is 41.8 Å². The highest BCUT2D eigenvalue weighted by molar-refractivity contribution is 7.99. The van der Waals surface area contributed by atoms with Crippen LogP contribution in [0.5, 0.6) is 11.5 Å². The normalized spacial score (nSPS) is 11.9. The van der Waals surface area contributed by atoms with Crippen LogP contribution in [0.2, 0.25) is 0 Å². The fourth-order valence-electron chi connectivity index (χ4n) is 1.49. The molecule has 0 aliphatic carbocycles. The zero-order valence-electron chi connectivity index (χ0n) is 11.6.